The molecule has 0 saturated carbocycles. The third kappa shape index (κ3) is 3.70. The topological polar surface area (TPSA) is 86.3 Å². The highest BCUT2D eigenvalue weighted by Gasteiger charge is 2.21. The first-order valence-corrected chi connectivity index (χ1v) is 8.21. The van der Waals surface area contributed by atoms with Crippen LogP contribution in [0.25, 0.3) is 0 Å². The summed E-state index contributed by atoms with van der Waals surface area (Å²) in [5, 5.41) is 8.45. The van der Waals surface area contributed by atoms with Gasteiger partial charge in [0.1, 0.15) is 0 Å². The molecule has 0 aliphatic carbocycles. The minimum Gasteiger partial charge on any atom is -0.384 e. The van der Waals surface area contributed by atoms with Crippen molar-refractivity contribution in [3.63, 3.8) is 0 Å². The Kier molecular flexibility index (Phi) is 5.06. The standard InChI is InChI=1S/C16H23N5O3/c1-11(2)21-16(22)8-12-9-20(6-4-13(12)18-21)10-15-17-14(19-24-15)5-7-23-3/h8,11H,4-7,9-10H2,1-3H3. The maximum atomic E-state index is 12.1. The van der Waals surface area contributed by atoms with Gasteiger partial charge in [0.2, 0.25) is 5.89 Å². The molecular formula is C16H23N5O3. The summed E-state index contributed by atoms with van der Waals surface area (Å²) in [7, 11) is 1.65. The lowest BCUT2D eigenvalue weighted by atomic mass is 10.1. The van der Waals surface area contributed by atoms with E-state index in [1.54, 1.807) is 17.9 Å². The van der Waals surface area contributed by atoms with E-state index < -0.39 is 0 Å². The van der Waals surface area contributed by atoms with Crippen LogP contribution < -0.4 is 5.56 Å². The number of hydrogen-bond acceptors (Lipinski definition) is 7. The molecule has 8 heteroatoms. The first kappa shape index (κ1) is 16.8. The van der Waals surface area contributed by atoms with Gasteiger partial charge in [-0.05, 0) is 19.4 Å². The predicted molar refractivity (Wildman–Crippen MR) is 86.6 cm³/mol. The van der Waals surface area contributed by atoms with E-state index in [9.17, 15) is 4.79 Å². The summed E-state index contributed by atoms with van der Waals surface area (Å²) < 4.78 is 11.8. The second-order valence-corrected chi connectivity index (χ2v) is 6.30. The van der Waals surface area contributed by atoms with E-state index in [-0.39, 0.29) is 11.6 Å². The lowest BCUT2D eigenvalue weighted by molar-refractivity contribution is 0.198. The lowest BCUT2D eigenvalue weighted by Gasteiger charge is -2.27. The quantitative estimate of drug-likeness (QED) is 0.778. The summed E-state index contributed by atoms with van der Waals surface area (Å²) in [6, 6.07) is 1.77. The van der Waals surface area contributed by atoms with Gasteiger partial charge < -0.3 is 9.26 Å². The number of rotatable bonds is 6. The zero-order valence-corrected chi connectivity index (χ0v) is 14.4. The van der Waals surface area contributed by atoms with E-state index in [0.717, 1.165) is 24.2 Å². The molecule has 2 aromatic heterocycles. The van der Waals surface area contributed by atoms with Gasteiger partial charge in [-0.25, -0.2) is 4.68 Å². The molecule has 0 radical (unpaired) electrons. The van der Waals surface area contributed by atoms with Gasteiger partial charge in [0, 0.05) is 39.1 Å². The van der Waals surface area contributed by atoms with E-state index in [2.05, 4.69) is 20.1 Å². The van der Waals surface area contributed by atoms with Crippen LogP contribution in [0.2, 0.25) is 0 Å². The summed E-state index contributed by atoms with van der Waals surface area (Å²) in [5.41, 5.74) is 1.94. The van der Waals surface area contributed by atoms with E-state index >= 15 is 0 Å². The van der Waals surface area contributed by atoms with Crippen molar-refractivity contribution >= 4 is 0 Å². The molecule has 8 nitrogen and oxygen atoms in total. The Hall–Kier alpha value is -2.06. The molecule has 3 rings (SSSR count). The molecule has 0 amide bonds. The molecule has 2 aromatic rings. The normalized spacial score (nSPS) is 15.0. The largest absolute Gasteiger partial charge is 0.384 e. The minimum atomic E-state index is -0.0507. The molecule has 1 aliphatic heterocycles. The van der Waals surface area contributed by atoms with Crippen molar-refractivity contribution < 1.29 is 9.26 Å². The highest BCUT2D eigenvalue weighted by Crippen LogP contribution is 2.17. The fourth-order valence-electron chi connectivity index (χ4n) is 2.82. The van der Waals surface area contributed by atoms with Crippen molar-refractivity contribution in [2.24, 2.45) is 0 Å². The number of aromatic nitrogens is 4. The van der Waals surface area contributed by atoms with Gasteiger partial charge in [-0.2, -0.15) is 10.1 Å². The zero-order valence-electron chi connectivity index (χ0n) is 14.4. The van der Waals surface area contributed by atoms with Gasteiger partial charge in [-0.15, -0.1) is 0 Å². The summed E-state index contributed by atoms with van der Waals surface area (Å²) in [5.74, 6) is 1.25. The van der Waals surface area contributed by atoms with Crippen LogP contribution in [0.4, 0.5) is 0 Å². The molecule has 24 heavy (non-hydrogen) atoms. The summed E-state index contributed by atoms with van der Waals surface area (Å²) in [6.45, 7) is 6.61. The average Bonchev–Trinajstić information content (AvgIpc) is 2.99. The van der Waals surface area contributed by atoms with Gasteiger partial charge in [-0.1, -0.05) is 5.16 Å². The van der Waals surface area contributed by atoms with Crippen LogP contribution in [0.15, 0.2) is 15.4 Å². The zero-order chi connectivity index (χ0) is 17.1. The molecule has 0 bridgehead atoms. The monoisotopic (exact) mass is 333 g/mol. The maximum absolute atomic E-state index is 12.1. The number of ether oxygens (including phenoxy) is 1. The van der Waals surface area contributed by atoms with Crippen LogP contribution in [0.1, 0.15) is 42.9 Å². The molecule has 0 aromatic carbocycles. The third-order valence-electron chi connectivity index (χ3n) is 4.07. The van der Waals surface area contributed by atoms with Crippen molar-refractivity contribution in [3.8, 4) is 0 Å². The Labute approximate surface area is 140 Å². The van der Waals surface area contributed by atoms with E-state index in [1.165, 1.54) is 0 Å². The number of methoxy groups -OCH3 is 1. The molecule has 0 N–H and O–H groups in total. The average molecular weight is 333 g/mol. The second kappa shape index (κ2) is 7.23. The molecule has 3 heterocycles. The Balaban J connectivity index is 1.68. The van der Waals surface area contributed by atoms with E-state index in [4.69, 9.17) is 9.26 Å². The van der Waals surface area contributed by atoms with Crippen molar-refractivity contribution in [1.82, 2.24) is 24.8 Å². The Bertz CT molecular complexity index is 752. The van der Waals surface area contributed by atoms with Crippen LogP contribution in [-0.4, -0.2) is 45.1 Å². The first-order chi connectivity index (χ1) is 11.6. The van der Waals surface area contributed by atoms with Crippen molar-refractivity contribution in [3.05, 3.63) is 39.4 Å². The Morgan fingerprint density at radius 1 is 1.42 bits per heavy atom. The summed E-state index contributed by atoms with van der Waals surface area (Å²) in [4.78, 5) is 18.7. The van der Waals surface area contributed by atoms with Crippen molar-refractivity contribution in [2.45, 2.75) is 45.8 Å². The van der Waals surface area contributed by atoms with Gasteiger partial charge in [-0.3, -0.25) is 9.69 Å². The number of nitrogens with zero attached hydrogens (tertiary/aromatic N) is 5. The third-order valence-corrected chi connectivity index (χ3v) is 4.07. The van der Waals surface area contributed by atoms with Crippen LogP contribution in [0, 0.1) is 0 Å². The highest BCUT2D eigenvalue weighted by atomic mass is 16.5. The van der Waals surface area contributed by atoms with Crippen LogP contribution in [-0.2, 0) is 30.7 Å². The molecule has 0 saturated heterocycles. The summed E-state index contributed by atoms with van der Waals surface area (Å²) in [6.07, 6.45) is 1.45. The van der Waals surface area contributed by atoms with Crippen LogP contribution in [0.5, 0.6) is 0 Å². The Morgan fingerprint density at radius 3 is 3.00 bits per heavy atom. The second-order valence-electron chi connectivity index (χ2n) is 6.30. The molecule has 0 spiro atoms. The van der Waals surface area contributed by atoms with Gasteiger partial charge in [0.15, 0.2) is 5.82 Å². The number of hydrogen-bond donors (Lipinski definition) is 0. The lowest BCUT2D eigenvalue weighted by Crippen LogP contribution is -2.35. The van der Waals surface area contributed by atoms with Crippen LogP contribution in [0.3, 0.4) is 0 Å². The van der Waals surface area contributed by atoms with Crippen molar-refractivity contribution in [2.75, 3.05) is 20.3 Å². The highest BCUT2D eigenvalue weighted by molar-refractivity contribution is 5.20. The molecule has 0 fully saturated rings. The molecule has 0 atom stereocenters. The Morgan fingerprint density at radius 2 is 2.25 bits per heavy atom. The SMILES string of the molecule is COCCc1noc(CN2CCc3nn(C(C)C)c(=O)cc3C2)n1. The van der Waals surface area contributed by atoms with Gasteiger partial charge in [0.05, 0.1) is 24.9 Å². The fraction of sp³-hybridized carbons (Fsp3) is 0.625. The van der Waals surface area contributed by atoms with E-state index in [1.807, 2.05) is 13.8 Å². The first-order valence-electron chi connectivity index (χ1n) is 8.21. The van der Waals surface area contributed by atoms with E-state index in [0.29, 0.717) is 37.8 Å². The molecule has 1 aliphatic rings. The van der Waals surface area contributed by atoms with Crippen LogP contribution >= 0.6 is 0 Å². The molecule has 0 unspecified atom stereocenters. The predicted octanol–water partition coefficient (Wildman–Crippen LogP) is 0.954. The van der Waals surface area contributed by atoms with Crippen molar-refractivity contribution in [1.29, 1.82) is 0 Å². The number of fused-ring (bicyclic) bond motifs is 1. The summed E-state index contributed by atoms with van der Waals surface area (Å²) >= 11 is 0. The molecular weight excluding hydrogens is 310 g/mol. The minimum absolute atomic E-state index is 0.0507. The van der Waals surface area contributed by atoms with Gasteiger partial charge >= 0.3 is 0 Å². The maximum Gasteiger partial charge on any atom is 0.267 e. The fourth-order valence-corrected chi connectivity index (χ4v) is 2.82. The van der Waals surface area contributed by atoms with Gasteiger partial charge in [0.25, 0.3) is 5.56 Å². The molecule has 130 valence electrons. The smallest absolute Gasteiger partial charge is 0.267 e.